The molecule has 0 radical (unpaired) electrons. The van der Waals surface area contributed by atoms with Crippen LogP contribution in [0.4, 0.5) is 4.79 Å². The normalized spacial score (nSPS) is 9.85. The third-order valence-electron chi connectivity index (χ3n) is 2.18. The van der Waals surface area contributed by atoms with Gasteiger partial charge >= 0.3 is 12.0 Å². The number of hydrogen-bond acceptors (Lipinski definition) is 6. The highest BCUT2D eigenvalue weighted by atomic mass is 32.2. The van der Waals surface area contributed by atoms with Crippen molar-refractivity contribution in [2.75, 3.05) is 26.0 Å². The molecule has 0 aromatic carbocycles. The van der Waals surface area contributed by atoms with Crippen LogP contribution in [0, 0.1) is 0 Å². The van der Waals surface area contributed by atoms with Gasteiger partial charge in [-0.2, -0.15) is 4.68 Å². The lowest BCUT2D eigenvalue weighted by molar-refractivity contribution is -0.137. The van der Waals surface area contributed by atoms with Crippen LogP contribution < -0.4 is 0 Å². The largest absolute Gasteiger partial charge is 0.468 e. The Balaban J connectivity index is 2.69. The highest BCUT2D eigenvalue weighted by molar-refractivity contribution is 7.99. The van der Waals surface area contributed by atoms with E-state index in [1.807, 2.05) is 0 Å². The molecule has 0 atom stereocenters. The molecule has 0 saturated carbocycles. The Hall–Kier alpha value is -2.09. The smallest absolute Gasteiger partial charge is 0.346 e. The molecule has 20 heavy (non-hydrogen) atoms. The molecule has 0 N–H and O–H groups in total. The summed E-state index contributed by atoms with van der Waals surface area (Å²) in [5.41, 5.74) is 0. The Kier molecular flexibility index (Phi) is 6.51. The Morgan fingerprint density at radius 1 is 1.45 bits per heavy atom. The van der Waals surface area contributed by atoms with Gasteiger partial charge in [0.05, 0.1) is 12.9 Å². The van der Waals surface area contributed by atoms with Crippen molar-refractivity contribution in [2.45, 2.75) is 5.16 Å². The third kappa shape index (κ3) is 4.54. The number of thioether (sulfide) groups is 1. The zero-order valence-corrected chi connectivity index (χ0v) is 12.0. The Morgan fingerprint density at radius 3 is 2.65 bits per heavy atom. The first-order valence-electron chi connectivity index (χ1n) is 5.74. The van der Waals surface area contributed by atoms with Crippen molar-refractivity contribution in [3.63, 3.8) is 0 Å². The summed E-state index contributed by atoms with van der Waals surface area (Å²) in [6.45, 7) is 7.96. The first-order chi connectivity index (χ1) is 9.62. The zero-order chi connectivity index (χ0) is 15.0. The number of nitrogens with zero attached hydrogens (tertiary/aromatic N) is 4. The molecule has 0 unspecified atom stereocenters. The summed E-state index contributed by atoms with van der Waals surface area (Å²) < 4.78 is 5.63. The second-order valence-corrected chi connectivity index (χ2v) is 4.54. The molecule has 1 heterocycles. The van der Waals surface area contributed by atoms with Gasteiger partial charge in [-0.15, -0.1) is 18.3 Å². The molecule has 0 saturated heterocycles. The summed E-state index contributed by atoms with van der Waals surface area (Å²) in [6, 6.07) is -0.331. The molecule has 7 nitrogen and oxygen atoms in total. The second-order valence-electron chi connectivity index (χ2n) is 3.60. The third-order valence-corrected chi connectivity index (χ3v) is 3.01. The molecule has 0 aliphatic carbocycles. The maximum atomic E-state index is 12.1. The fourth-order valence-corrected chi connectivity index (χ4v) is 1.91. The number of rotatable bonds is 7. The molecule has 1 rings (SSSR count). The second kappa shape index (κ2) is 8.16. The SMILES string of the molecule is C=CCN(CC=C)C(=O)n1cnc(SCC(=O)OC)n1. The lowest BCUT2D eigenvalue weighted by Gasteiger charge is -2.17. The molecule has 0 fully saturated rings. The fourth-order valence-electron chi connectivity index (χ4n) is 1.28. The van der Waals surface area contributed by atoms with Gasteiger partial charge in [-0.1, -0.05) is 23.9 Å². The summed E-state index contributed by atoms with van der Waals surface area (Å²) in [5.74, 6) is -0.282. The number of methoxy groups -OCH3 is 1. The van der Waals surface area contributed by atoms with Crippen LogP contribution in [0.25, 0.3) is 0 Å². The summed E-state index contributed by atoms with van der Waals surface area (Å²) in [6.07, 6.45) is 4.54. The zero-order valence-electron chi connectivity index (χ0n) is 11.2. The molecular weight excluding hydrogens is 280 g/mol. The van der Waals surface area contributed by atoms with Crippen molar-refractivity contribution < 1.29 is 14.3 Å². The van der Waals surface area contributed by atoms with E-state index in [1.54, 1.807) is 12.2 Å². The van der Waals surface area contributed by atoms with Crippen LogP contribution >= 0.6 is 11.8 Å². The van der Waals surface area contributed by atoms with Crippen LogP contribution in [-0.2, 0) is 9.53 Å². The highest BCUT2D eigenvalue weighted by Crippen LogP contribution is 2.12. The molecule has 0 aliphatic rings. The van der Waals surface area contributed by atoms with Gasteiger partial charge < -0.3 is 9.64 Å². The number of carbonyl (C=O) groups excluding carboxylic acids is 2. The van der Waals surface area contributed by atoms with Crippen LogP contribution in [0.5, 0.6) is 0 Å². The van der Waals surface area contributed by atoms with E-state index in [-0.39, 0.29) is 17.8 Å². The van der Waals surface area contributed by atoms with E-state index in [2.05, 4.69) is 28.0 Å². The van der Waals surface area contributed by atoms with E-state index in [0.29, 0.717) is 18.2 Å². The van der Waals surface area contributed by atoms with Crippen LogP contribution in [-0.4, -0.2) is 57.6 Å². The van der Waals surface area contributed by atoms with Gasteiger partial charge in [0.1, 0.15) is 6.33 Å². The Morgan fingerprint density at radius 2 is 2.10 bits per heavy atom. The summed E-state index contributed by atoms with van der Waals surface area (Å²) >= 11 is 1.10. The van der Waals surface area contributed by atoms with Crippen molar-refractivity contribution in [2.24, 2.45) is 0 Å². The predicted molar refractivity (Wildman–Crippen MR) is 75.5 cm³/mol. The van der Waals surface area contributed by atoms with E-state index in [9.17, 15) is 9.59 Å². The summed E-state index contributed by atoms with van der Waals surface area (Å²) in [7, 11) is 1.31. The maximum absolute atomic E-state index is 12.1. The van der Waals surface area contributed by atoms with Crippen molar-refractivity contribution in [1.29, 1.82) is 0 Å². The Bertz CT molecular complexity index is 491. The molecule has 1 aromatic rings. The van der Waals surface area contributed by atoms with E-state index in [1.165, 1.54) is 18.3 Å². The fraction of sp³-hybridized carbons (Fsp3) is 0.333. The van der Waals surface area contributed by atoms with Gasteiger partial charge in [-0.3, -0.25) is 4.79 Å². The van der Waals surface area contributed by atoms with Crippen LogP contribution in [0.1, 0.15) is 0 Å². The quantitative estimate of drug-likeness (QED) is 0.427. The standard InChI is InChI=1S/C12H16N4O3S/c1-4-6-15(7-5-2)12(18)16-9-13-11(14-16)20-8-10(17)19-3/h4-5,9H,1-2,6-8H2,3H3. The number of amides is 1. The molecule has 1 aromatic heterocycles. The monoisotopic (exact) mass is 296 g/mol. The van der Waals surface area contributed by atoms with E-state index >= 15 is 0 Å². The van der Waals surface area contributed by atoms with E-state index < -0.39 is 0 Å². The average Bonchev–Trinajstić information content (AvgIpc) is 2.92. The summed E-state index contributed by atoms with van der Waals surface area (Å²) in [4.78, 5) is 28.6. The number of esters is 1. The number of hydrogen-bond donors (Lipinski definition) is 0. The lowest BCUT2D eigenvalue weighted by atomic mass is 10.5. The lowest BCUT2D eigenvalue weighted by Crippen LogP contribution is -2.35. The van der Waals surface area contributed by atoms with Crippen molar-refractivity contribution >= 4 is 23.8 Å². The number of aromatic nitrogens is 3. The minimum atomic E-state index is -0.377. The molecule has 0 bridgehead atoms. The van der Waals surface area contributed by atoms with E-state index in [0.717, 1.165) is 16.4 Å². The van der Waals surface area contributed by atoms with Crippen molar-refractivity contribution in [1.82, 2.24) is 19.7 Å². The predicted octanol–water partition coefficient (Wildman–Crippen LogP) is 1.19. The molecular formula is C12H16N4O3S. The van der Waals surface area contributed by atoms with Gasteiger partial charge in [0.15, 0.2) is 0 Å². The van der Waals surface area contributed by atoms with Gasteiger partial charge in [0, 0.05) is 13.1 Å². The Labute approximate surface area is 121 Å². The van der Waals surface area contributed by atoms with Gasteiger partial charge in [0.25, 0.3) is 0 Å². The van der Waals surface area contributed by atoms with Crippen molar-refractivity contribution in [3.8, 4) is 0 Å². The maximum Gasteiger partial charge on any atom is 0.346 e. The van der Waals surface area contributed by atoms with Gasteiger partial charge in [0.2, 0.25) is 5.16 Å². The van der Waals surface area contributed by atoms with Crippen LogP contribution in [0.2, 0.25) is 0 Å². The minimum absolute atomic E-state index is 0.0950. The van der Waals surface area contributed by atoms with E-state index in [4.69, 9.17) is 0 Å². The van der Waals surface area contributed by atoms with Crippen LogP contribution in [0.15, 0.2) is 36.8 Å². The molecule has 108 valence electrons. The topological polar surface area (TPSA) is 77.3 Å². The first kappa shape index (κ1) is 16.0. The van der Waals surface area contributed by atoms with Gasteiger partial charge in [-0.05, 0) is 0 Å². The molecule has 8 heteroatoms. The number of carbonyl (C=O) groups is 2. The highest BCUT2D eigenvalue weighted by Gasteiger charge is 2.15. The molecule has 0 spiro atoms. The van der Waals surface area contributed by atoms with Gasteiger partial charge in [-0.25, -0.2) is 9.78 Å². The molecule has 0 aliphatic heterocycles. The number of ether oxygens (including phenoxy) is 1. The van der Waals surface area contributed by atoms with Crippen LogP contribution in [0.3, 0.4) is 0 Å². The van der Waals surface area contributed by atoms with Crippen molar-refractivity contribution in [3.05, 3.63) is 31.6 Å². The first-order valence-corrected chi connectivity index (χ1v) is 6.73. The minimum Gasteiger partial charge on any atom is -0.468 e. The average molecular weight is 296 g/mol. The summed E-state index contributed by atoms with van der Waals surface area (Å²) in [5, 5.41) is 4.34. The molecule has 1 amide bonds.